The monoisotopic (exact) mass is 819 g/mol. The fourth-order valence-corrected chi connectivity index (χ4v) is 8.27. The number of hydrogen-bond acceptors (Lipinski definition) is 1. The van der Waals surface area contributed by atoms with Gasteiger partial charge in [-0.1, -0.05) is 64.3 Å². The lowest BCUT2D eigenvalue weighted by Gasteiger charge is -2.27. The number of unbranched alkanes of at least 4 members (excludes halogenated alkanes) is 2. The van der Waals surface area contributed by atoms with Crippen LogP contribution in [0.3, 0.4) is 0 Å². The first-order valence-electron chi connectivity index (χ1n) is 16.0. The fourth-order valence-electron chi connectivity index (χ4n) is 6.98. The quantitative estimate of drug-likeness (QED) is 0.180. The van der Waals surface area contributed by atoms with Crippen LogP contribution in [-0.4, -0.2) is 23.4 Å². The molecule has 0 fully saturated rings. The lowest BCUT2D eigenvalue weighted by molar-refractivity contribution is -0.438. The van der Waals surface area contributed by atoms with Crippen molar-refractivity contribution >= 4 is 73.9 Å². The molecule has 0 N–H and O–H groups in total. The minimum Gasteiger partial charge on any atom is -0.344 e. The zero-order chi connectivity index (χ0) is 30.9. The number of nitrogens with zero attached hydrogens (tertiary/aromatic N) is 2. The van der Waals surface area contributed by atoms with Gasteiger partial charge in [-0.2, -0.15) is 4.58 Å². The number of halogens is 3. The lowest BCUT2D eigenvalue weighted by Crippen LogP contribution is -2.28. The molecule has 5 heteroatoms. The van der Waals surface area contributed by atoms with Crippen molar-refractivity contribution in [2.75, 3.05) is 18.0 Å². The summed E-state index contributed by atoms with van der Waals surface area (Å²) in [7, 11) is 0. The van der Waals surface area contributed by atoms with Crippen LogP contribution in [0.15, 0.2) is 82.6 Å². The van der Waals surface area contributed by atoms with Crippen molar-refractivity contribution in [3.8, 4) is 0 Å². The average molecular weight is 820 g/mol. The van der Waals surface area contributed by atoms with Crippen LogP contribution in [0.4, 0.5) is 11.4 Å². The normalized spacial score (nSPS) is 21.1. The van der Waals surface area contributed by atoms with E-state index in [1.54, 1.807) is 0 Å². The predicted molar refractivity (Wildman–Crippen MR) is 203 cm³/mol. The van der Waals surface area contributed by atoms with E-state index in [9.17, 15) is 0 Å². The molecule has 0 atom stereocenters. The molecule has 2 aromatic carbocycles. The van der Waals surface area contributed by atoms with Crippen LogP contribution in [-0.2, 0) is 10.8 Å². The molecule has 0 saturated heterocycles. The molecule has 228 valence electrons. The Labute approximate surface area is 292 Å². The van der Waals surface area contributed by atoms with Crippen molar-refractivity contribution in [2.45, 2.75) is 97.3 Å². The van der Waals surface area contributed by atoms with Crippen molar-refractivity contribution in [1.29, 1.82) is 0 Å². The SMILES string of the molecule is CCCCN1/C(=C/C=C2\CCCC(/C=C/C3=[N+](CCCC)c4ccc(I)cc4C3(C)C)=C2Cl)C(C)(C)c2cc(I)ccc21. The van der Waals surface area contributed by atoms with Crippen molar-refractivity contribution in [3.63, 3.8) is 0 Å². The molecule has 2 nitrogen and oxygen atoms in total. The molecule has 3 aliphatic rings. The smallest absolute Gasteiger partial charge is 0.209 e. The third-order valence-corrected chi connectivity index (χ3v) is 11.3. The summed E-state index contributed by atoms with van der Waals surface area (Å²) in [5.41, 5.74) is 10.7. The summed E-state index contributed by atoms with van der Waals surface area (Å²) < 4.78 is 5.14. The Morgan fingerprint density at radius 1 is 0.860 bits per heavy atom. The first-order valence-corrected chi connectivity index (χ1v) is 18.5. The third kappa shape index (κ3) is 6.49. The Balaban J connectivity index is 1.50. The number of hydrogen-bond donors (Lipinski definition) is 0. The number of rotatable bonds is 9. The van der Waals surface area contributed by atoms with Gasteiger partial charge in [-0.15, -0.1) is 0 Å². The van der Waals surface area contributed by atoms with Gasteiger partial charge in [-0.25, -0.2) is 0 Å². The van der Waals surface area contributed by atoms with Gasteiger partial charge in [0.15, 0.2) is 5.71 Å². The first kappa shape index (κ1) is 33.0. The molecular weight excluding hydrogens is 774 g/mol. The van der Waals surface area contributed by atoms with Crippen LogP contribution in [0.5, 0.6) is 0 Å². The molecule has 1 aliphatic carbocycles. The summed E-state index contributed by atoms with van der Waals surface area (Å²) in [6.07, 6.45) is 17.3. The Kier molecular flexibility index (Phi) is 10.4. The second kappa shape index (κ2) is 13.5. The zero-order valence-corrected chi connectivity index (χ0v) is 31.7. The van der Waals surface area contributed by atoms with E-state index in [0.29, 0.717) is 0 Å². The van der Waals surface area contributed by atoms with E-state index < -0.39 is 0 Å². The molecule has 43 heavy (non-hydrogen) atoms. The zero-order valence-electron chi connectivity index (χ0n) is 26.7. The van der Waals surface area contributed by atoms with Crippen LogP contribution in [0.1, 0.15) is 97.6 Å². The maximum Gasteiger partial charge on any atom is 0.209 e. The Morgan fingerprint density at radius 3 is 2.28 bits per heavy atom. The Hall–Kier alpha value is -1.38. The van der Waals surface area contributed by atoms with Gasteiger partial charge in [0, 0.05) is 59.6 Å². The topological polar surface area (TPSA) is 6.25 Å². The van der Waals surface area contributed by atoms with Crippen LogP contribution in [0.2, 0.25) is 0 Å². The maximum absolute atomic E-state index is 7.21. The highest BCUT2D eigenvalue weighted by molar-refractivity contribution is 14.1. The van der Waals surface area contributed by atoms with E-state index in [0.717, 1.165) is 37.4 Å². The highest BCUT2D eigenvalue weighted by Gasteiger charge is 2.44. The van der Waals surface area contributed by atoms with Crippen LogP contribution in [0, 0.1) is 7.14 Å². The van der Waals surface area contributed by atoms with Crippen LogP contribution < -0.4 is 4.90 Å². The summed E-state index contributed by atoms with van der Waals surface area (Å²) in [4.78, 5) is 2.55. The van der Waals surface area contributed by atoms with Gasteiger partial charge in [0.2, 0.25) is 5.69 Å². The highest BCUT2D eigenvalue weighted by atomic mass is 127. The first-order chi connectivity index (χ1) is 20.5. The summed E-state index contributed by atoms with van der Waals surface area (Å²) in [6.45, 7) is 16.1. The second-order valence-electron chi connectivity index (χ2n) is 13.2. The van der Waals surface area contributed by atoms with Gasteiger partial charge < -0.3 is 4.90 Å². The molecule has 0 unspecified atom stereocenters. The van der Waals surface area contributed by atoms with Crippen LogP contribution in [0.25, 0.3) is 0 Å². The minimum absolute atomic E-state index is 0.0472. The summed E-state index contributed by atoms with van der Waals surface area (Å²) in [5, 5.41) is 0.936. The van der Waals surface area contributed by atoms with Crippen LogP contribution >= 0.6 is 56.8 Å². The highest BCUT2D eigenvalue weighted by Crippen LogP contribution is 2.48. The van der Waals surface area contributed by atoms with E-state index in [1.807, 2.05) is 0 Å². The van der Waals surface area contributed by atoms with E-state index in [2.05, 4.69) is 157 Å². The molecule has 0 saturated carbocycles. The second-order valence-corrected chi connectivity index (χ2v) is 16.1. The van der Waals surface area contributed by atoms with Crippen molar-refractivity contribution in [3.05, 3.63) is 101 Å². The molecule has 2 aromatic rings. The average Bonchev–Trinajstić information content (AvgIpc) is 3.31. The van der Waals surface area contributed by atoms with Gasteiger partial charge in [-0.3, -0.25) is 0 Å². The number of benzene rings is 2. The Morgan fingerprint density at radius 2 is 1.56 bits per heavy atom. The standard InChI is InChI=1S/C38H46ClI2N2/c1-7-9-22-42-32-18-16-28(40)24-30(32)37(3,4)34(42)20-14-26-12-11-13-27(36(26)39)15-21-35-38(5,6)31-25-29(41)17-19-33(31)43(35)23-10-8-2/h14-21,24-25H,7-13,22-23H2,1-6H3/q+1. The molecule has 2 heterocycles. The van der Waals surface area contributed by atoms with Crippen molar-refractivity contribution in [2.24, 2.45) is 0 Å². The van der Waals surface area contributed by atoms with Gasteiger partial charge in [0.1, 0.15) is 6.54 Å². The maximum atomic E-state index is 7.21. The van der Waals surface area contributed by atoms with Crippen molar-refractivity contribution in [1.82, 2.24) is 0 Å². The number of fused-ring (bicyclic) bond motifs is 2. The fraction of sp³-hybridized carbons (Fsp3) is 0.447. The summed E-state index contributed by atoms with van der Waals surface area (Å²) >= 11 is 12.1. The molecule has 0 bridgehead atoms. The lowest BCUT2D eigenvalue weighted by atomic mass is 9.81. The van der Waals surface area contributed by atoms with E-state index in [4.69, 9.17) is 11.6 Å². The number of anilines is 1. The molecule has 0 spiro atoms. The molecular formula is C38H46ClI2N2+. The van der Waals surface area contributed by atoms with Gasteiger partial charge in [0.05, 0.1) is 5.41 Å². The van der Waals surface area contributed by atoms with E-state index >= 15 is 0 Å². The largest absolute Gasteiger partial charge is 0.344 e. The third-order valence-electron chi connectivity index (χ3n) is 9.52. The van der Waals surface area contributed by atoms with E-state index in [-0.39, 0.29) is 10.8 Å². The Bertz CT molecular complexity index is 1550. The van der Waals surface area contributed by atoms with Gasteiger partial charge in [-0.05, 0) is 138 Å². The van der Waals surface area contributed by atoms with Gasteiger partial charge >= 0.3 is 0 Å². The molecule has 5 rings (SSSR count). The molecule has 2 aliphatic heterocycles. The molecule has 0 aromatic heterocycles. The predicted octanol–water partition coefficient (Wildman–Crippen LogP) is 11.7. The minimum atomic E-state index is -0.0472. The molecule has 0 radical (unpaired) electrons. The summed E-state index contributed by atoms with van der Waals surface area (Å²) in [5.74, 6) is 0. The van der Waals surface area contributed by atoms with E-state index in [1.165, 1.54) is 77.9 Å². The number of allylic oxidation sites excluding steroid dienone is 8. The van der Waals surface area contributed by atoms with Crippen molar-refractivity contribution < 1.29 is 4.58 Å². The molecule has 0 amide bonds. The van der Waals surface area contributed by atoms with Gasteiger partial charge in [0.25, 0.3) is 0 Å². The summed E-state index contributed by atoms with van der Waals surface area (Å²) in [6, 6.07) is 13.8.